The third-order valence-electron chi connectivity index (χ3n) is 2.12. The van der Waals surface area contributed by atoms with Crippen molar-refractivity contribution in [3.8, 4) is 12.3 Å². The van der Waals surface area contributed by atoms with Crippen LogP contribution in [0.1, 0.15) is 10.6 Å². The van der Waals surface area contributed by atoms with Crippen molar-refractivity contribution in [2.45, 2.75) is 0 Å². The van der Waals surface area contributed by atoms with Crippen molar-refractivity contribution in [2.24, 2.45) is 0 Å². The van der Waals surface area contributed by atoms with Crippen LogP contribution in [0.2, 0.25) is 0 Å². The van der Waals surface area contributed by atoms with Crippen molar-refractivity contribution in [3.05, 3.63) is 46.3 Å². The number of carbonyl (C=O) groups is 1. The summed E-state index contributed by atoms with van der Waals surface area (Å²) in [6, 6.07) is 7.75. The van der Waals surface area contributed by atoms with E-state index < -0.39 is 5.97 Å². The van der Waals surface area contributed by atoms with E-state index in [1.54, 1.807) is 24.3 Å². The molecule has 0 N–H and O–H groups in total. The highest BCUT2D eigenvalue weighted by atomic mass is 16.5. The quantitative estimate of drug-likeness (QED) is 0.578. The monoisotopic (exact) mass is 228 g/mol. The summed E-state index contributed by atoms with van der Waals surface area (Å²) >= 11 is 0. The minimum absolute atomic E-state index is 0.149. The van der Waals surface area contributed by atoms with Gasteiger partial charge in [0.05, 0.1) is 5.39 Å². The lowest BCUT2D eigenvalue weighted by atomic mass is 10.2. The second-order valence-corrected chi connectivity index (χ2v) is 3.25. The lowest BCUT2D eigenvalue weighted by Gasteiger charge is -2.01. The summed E-state index contributed by atoms with van der Waals surface area (Å²) in [5.74, 6) is 1.26. The molecule has 1 aromatic carbocycles. The van der Waals surface area contributed by atoms with Gasteiger partial charge in [-0.2, -0.15) is 0 Å². The van der Waals surface area contributed by atoms with Gasteiger partial charge in [0.2, 0.25) is 5.76 Å². The maximum absolute atomic E-state index is 11.7. The Morgan fingerprint density at radius 3 is 2.94 bits per heavy atom. The van der Waals surface area contributed by atoms with Crippen LogP contribution >= 0.6 is 0 Å². The summed E-state index contributed by atoms with van der Waals surface area (Å²) in [6.45, 7) is -0.157. The number of benzene rings is 1. The SMILES string of the molecule is C#CCOC(=O)c1cc(=O)c2ccccc2o1. The standard InChI is InChI=1S/C13H8O4/c1-2-7-16-13(15)12-8-10(14)9-5-3-4-6-11(9)17-12/h1,3-6,8H,7H2. The van der Waals surface area contributed by atoms with Crippen LogP contribution in [0.5, 0.6) is 0 Å². The molecule has 4 heteroatoms. The van der Waals surface area contributed by atoms with Gasteiger partial charge in [0, 0.05) is 6.07 Å². The molecule has 0 spiro atoms. The van der Waals surface area contributed by atoms with E-state index in [4.69, 9.17) is 10.8 Å². The van der Waals surface area contributed by atoms with Crippen LogP contribution in [-0.4, -0.2) is 12.6 Å². The Bertz CT molecular complexity index is 661. The lowest BCUT2D eigenvalue weighted by molar-refractivity contribution is 0.0521. The van der Waals surface area contributed by atoms with Crippen molar-refractivity contribution in [1.29, 1.82) is 0 Å². The van der Waals surface area contributed by atoms with E-state index in [0.29, 0.717) is 11.0 Å². The van der Waals surface area contributed by atoms with E-state index in [1.807, 2.05) is 0 Å². The highest BCUT2D eigenvalue weighted by molar-refractivity contribution is 5.88. The lowest BCUT2D eigenvalue weighted by Crippen LogP contribution is -2.10. The van der Waals surface area contributed by atoms with E-state index >= 15 is 0 Å². The fourth-order valence-electron chi connectivity index (χ4n) is 1.38. The molecule has 0 atom stereocenters. The summed E-state index contributed by atoms with van der Waals surface area (Å²) in [7, 11) is 0. The smallest absolute Gasteiger partial charge is 0.375 e. The van der Waals surface area contributed by atoms with Gasteiger partial charge in [0.15, 0.2) is 12.0 Å². The molecule has 2 aromatic rings. The van der Waals surface area contributed by atoms with Gasteiger partial charge >= 0.3 is 5.97 Å². The van der Waals surface area contributed by atoms with Crippen LogP contribution in [-0.2, 0) is 4.74 Å². The number of terminal acetylenes is 1. The molecule has 0 saturated heterocycles. The summed E-state index contributed by atoms with van der Waals surface area (Å²) in [5.41, 5.74) is 0.0483. The first kappa shape index (κ1) is 11.0. The Kier molecular flexibility index (Phi) is 2.93. The van der Waals surface area contributed by atoms with Gasteiger partial charge in [0.25, 0.3) is 0 Å². The second kappa shape index (κ2) is 4.54. The predicted octanol–water partition coefficient (Wildman–Crippen LogP) is 1.58. The van der Waals surface area contributed by atoms with Gasteiger partial charge in [0.1, 0.15) is 5.58 Å². The van der Waals surface area contributed by atoms with Crippen LogP contribution in [0.3, 0.4) is 0 Å². The molecular formula is C13H8O4. The number of para-hydroxylation sites is 1. The molecule has 4 nitrogen and oxygen atoms in total. The first-order valence-corrected chi connectivity index (χ1v) is 4.86. The average molecular weight is 228 g/mol. The largest absolute Gasteiger partial charge is 0.449 e. The number of ether oxygens (including phenoxy) is 1. The zero-order valence-electron chi connectivity index (χ0n) is 8.80. The Hall–Kier alpha value is -2.54. The van der Waals surface area contributed by atoms with Crippen molar-refractivity contribution in [3.63, 3.8) is 0 Å². The minimum atomic E-state index is -0.745. The molecule has 0 amide bonds. The third-order valence-corrected chi connectivity index (χ3v) is 2.12. The molecule has 1 heterocycles. The number of hydrogen-bond acceptors (Lipinski definition) is 4. The van der Waals surface area contributed by atoms with Crippen LogP contribution in [0.25, 0.3) is 11.0 Å². The number of fused-ring (bicyclic) bond motifs is 1. The first-order valence-electron chi connectivity index (χ1n) is 4.86. The number of esters is 1. The van der Waals surface area contributed by atoms with E-state index in [9.17, 15) is 9.59 Å². The highest BCUT2D eigenvalue weighted by Gasteiger charge is 2.12. The minimum Gasteiger partial charge on any atom is -0.449 e. The van der Waals surface area contributed by atoms with E-state index in [2.05, 4.69) is 10.7 Å². The molecule has 0 fully saturated rings. The van der Waals surface area contributed by atoms with Gasteiger partial charge in [-0.25, -0.2) is 4.79 Å². The third kappa shape index (κ3) is 2.18. The number of carbonyl (C=O) groups excluding carboxylic acids is 1. The first-order chi connectivity index (χ1) is 8.22. The molecular weight excluding hydrogens is 220 g/mol. The van der Waals surface area contributed by atoms with Gasteiger partial charge < -0.3 is 9.15 Å². The Morgan fingerprint density at radius 2 is 2.18 bits per heavy atom. The summed E-state index contributed by atoms with van der Waals surface area (Å²) < 4.78 is 9.93. The zero-order chi connectivity index (χ0) is 12.3. The molecule has 0 bridgehead atoms. The molecule has 84 valence electrons. The van der Waals surface area contributed by atoms with Crippen LogP contribution < -0.4 is 5.43 Å². The topological polar surface area (TPSA) is 56.5 Å². The molecule has 17 heavy (non-hydrogen) atoms. The Labute approximate surface area is 96.8 Å². The maximum atomic E-state index is 11.7. The fourth-order valence-corrected chi connectivity index (χ4v) is 1.38. The average Bonchev–Trinajstić information content (AvgIpc) is 2.36. The molecule has 0 aliphatic rings. The van der Waals surface area contributed by atoms with Gasteiger partial charge in [-0.15, -0.1) is 6.42 Å². The van der Waals surface area contributed by atoms with E-state index in [1.165, 1.54) is 0 Å². The van der Waals surface area contributed by atoms with E-state index in [0.717, 1.165) is 6.07 Å². The number of rotatable bonds is 2. The van der Waals surface area contributed by atoms with Crippen LogP contribution in [0, 0.1) is 12.3 Å². The Morgan fingerprint density at radius 1 is 1.41 bits per heavy atom. The summed E-state index contributed by atoms with van der Waals surface area (Å²) in [4.78, 5) is 23.1. The number of hydrogen-bond donors (Lipinski definition) is 0. The molecule has 0 aliphatic heterocycles. The Balaban J connectivity index is 2.47. The molecule has 0 aliphatic carbocycles. The van der Waals surface area contributed by atoms with Crippen molar-refractivity contribution >= 4 is 16.9 Å². The predicted molar refractivity (Wildman–Crippen MR) is 61.6 cm³/mol. The van der Waals surface area contributed by atoms with Crippen molar-refractivity contribution in [1.82, 2.24) is 0 Å². The molecule has 0 radical (unpaired) electrons. The molecule has 0 saturated carbocycles. The normalized spacial score (nSPS) is 9.82. The van der Waals surface area contributed by atoms with Crippen LogP contribution in [0.4, 0.5) is 0 Å². The second-order valence-electron chi connectivity index (χ2n) is 3.25. The van der Waals surface area contributed by atoms with Crippen LogP contribution in [0.15, 0.2) is 39.5 Å². The maximum Gasteiger partial charge on any atom is 0.375 e. The van der Waals surface area contributed by atoms with E-state index in [-0.39, 0.29) is 17.8 Å². The summed E-state index contributed by atoms with van der Waals surface area (Å²) in [6.07, 6.45) is 4.96. The zero-order valence-corrected chi connectivity index (χ0v) is 8.80. The molecule has 2 rings (SSSR count). The van der Waals surface area contributed by atoms with Crippen molar-refractivity contribution in [2.75, 3.05) is 6.61 Å². The van der Waals surface area contributed by atoms with Gasteiger partial charge in [-0.05, 0) is 12.1 Å². The van der Waals surface area contributed by atoms with Crippen molar-refractivity contribution < 1.29 is 13.9 Å². The van der Waals surface area contributed by atoms with Gasteiger partial charge in [-0.3, -0.25) is 4.79 Å². The van der Waals surface area contributed by atoms with Gasteiger partial charge in [-0.1, -0.05) is 18.1 Å². The molecule has 1 aromatic heterocycles. The summed E-state index contributed by atoms with van der Waals surface area (Å²) in [5, 5.41) is 0.418. The highest BCUT2D eigenvalue weighted by Crippen LogP contribution is 2.12. The fraction of sp³-hybridized carbons (Fsp3) is 0.0769. The molecule has 0 unspecified atom stereocenters.